The minimum absolute atomic E-state index is 0.0715. The Bertz CT molecular complexity index is 579. The third kappa shape index (κ3) is 3.60. The maximum Gasteiger partial charge on any atom is 0.0745 e. The topological polar surface area (TPSA) is 35.5 Å². The fourth-order valence-corrected chi connectivity index (χ4v) is 3.07. The summed E-state index contributed by atoms with van der Waals surface area (Å²) in [6.07, 6.45) is 3.90. The van der Waals surface area contributed by atoms with Crippen LogP contribution in [0, 0.1) is 0 Å². The first-order chi connectivity index (χ1) is 10.9. The number of nitrogens with one attached hydrogen (secondary N) is 1. The predicted octanol–water partition coefficient (Wildman–Crippen LogP) is 3.82. The van der Waals surface area contributed by atoms with Crippen molar-refractivity contribution in [3.63, 3.8) is 0 Å². The molecule has 2 aromatic carbocycles. The Morgan fingerprint density at radius 3 is 2.45 bits per heavy atom. The Hall–Kier alpha value is -2.00. The van der Waals surface area contributed by atoms with Gasteiger partial charge in [-0.05, 0) is 43.0 Å². The molecule has 2 aromatic rings. The molecule has 1 fully saturated rings. The monoisotopic (exact) mass is 296 g/mol. The molecular formula is C19H24N2O. The van der Waals surface area contributed by atoms with E-state index < -0.39 is 0 Å². The van der Waals surface area contributed by atoms with Gasteiger partial charge in [0.25, 0.3) is 0 Å². The van der Waals surface area contributed by atoms with E-state index in [-0.39, 0.29) is 12.6 Å². The van der Waals surface area contributed by atoms with Crippen LogP contribution in [0.5, 0.6) is 0 Å². The normalized spacial score (nSPS) is 16.3. The molecule has 0 bridgehead atoms. The average Bonchev–Trinajstić information content (AvgIpc) is 2.61. The van der Waals surface area contributed by atoms with Gasteiger partial charge in [0.1, 0.15) is 0 Å². The lowest BCUT2D eigenvalue weighted by atomic mass is 10.1. The highest BCUT2D eigenvalue weighted by Gasteiger charge is 2.13. The molecule has 0 aliphatic carbocycles. The summed E-state index contributed by atoms with van der Waals surface area (Å²) >= 11 is 0. The molecule has 0 spiro atoms. The minimum atomic E-state index is -0.0715. The Labute approximate surface area is 132 Å². The fraction of sp³-hybridized carbons (Fsp3) is 0.368. The molecule has 1 heterocycles. The molecule has 1 aliphatic rings. The summed E-state index contributed by atoms with van der Waals surface area (Å²) in [6.45, 7) is 2.37. The van der Waals surface area contributed by atoms with Gasteiger partial charge in [-0.1, -0.05) is 36.4 Å². The molecule has 1 atom stereocenters. The molecule has 116 valence electrons. The maximum absolute atomic E-state index is 9.69. The van der Waals surface area contributed by atoms with Gasteiger partial charge in [-0.2, -0.15) is 0 Å². The number of benzene rings is 2. The van der Waals surface area contributed by atoms with Crippen LogP contribution in [-0.2, 0) is 0 Å². The molecule has 3 nitrogen and oxygen atoms in total. The Kier molecular flexibility index (Phi) is 4.96. The highest BCUT2D eigenvalue weighted by Crippen LogP contribution is 2.25. The summed E-state index contributed by atoms with van der Waals surface area (Å²) in [5, 5.41) is 13.1. The van der Waals surface area contributed by atoms with Crippen LogP contribution in [0.3, 0.4) is 0 Å². The highest BCUT2D eigenvalue weighted by atomic mass is 16.3. The van der Waals surface area contributed by atoms with E-state index in [1.165, 1.54) is 24.9 Å². The summed E-state index contributed by atoms with van der Waals surface area (Å²) in [5.74, 6) is 0. The van der Waals surface area contributed by atoms with Gasteiger partial charge in [0, 0.05) is 24.5 Å². The number of hydrogen-bond acceptors (Lipinski definition) is 3. The van der Waals surface area contributed by atoms with Crippen molar-refractivity contribution in [1.29, 1.82) is 0 Å². The van der Waals surface area contributed by atoms with Crippen molar-refractivity contribution in [2.45, 2.75) is 25.3 Å². The smallest absolute Gasteiger partial charge is 0.0745 e. The van der Waals surface area contributed by atoms with Crippen LogP contribution in [0.4, 0.5) is 11.4 Å². The van der Waals surface area contributed by atoms with Crippen molar-refractivity contribution >= 4 is 11.4 Å². The van der Waals surface area contributed by atoms with Crippen molar-refractivity contribution in [2.24, 2.45) is 0 Å². The van der Waals surface area contributed by atoms with Gasteiger partial charge < -0.3 is 15.3 Å². The number of anilines is 2. The van der Waals surface area contributed by atoms with Crippen LogP contribution < -0.4 is 10.2 Å². The number of rotatable bonds is 5. The third-order valence-electron chi connectivity index (χ3n) is 4.29. The van der Waals surface area contributed by atoms with Crippen molar-refractivity contribution in [1.82, 2.24) is 0 Å². The fourth-order valence-electron chi connectivity index (χ4n) is 3.07. The van der Waals surface area contributed by atoms with E-state index in [4.69, 9.17) is 0 Å². The second-order valence-corrected chi connectivity index (χ2v) is 5.89. The Balaban J connectivity index is 1.74. The van der Waals surface area contributed by atoms with Crippen LogP contribution in [-0.4, -0.2) is 24.8 Å². The quantitative estimate of drug-likeness (QED) is 0.880. The van der Waals surface area contributed by atoms with E-state index in [0.717, 1.165) is 24.3 Å². The summed E-state index contributed by atoms with van der Waals surface area (Å²) in [7, 11) is 0. The van der Waals surface area contributed by atoms with Crippen LogP contribution in [0.25, 0.3) is 0 Å². The maximum atomic E-state index is 9.69. The van der Waals surface area contributed by atoms with E-state index in [0.29, 0.717) is 0 Å². The molecule has 0 saturated carbocycles. The molecule has 3 heteroatoms. The largest absolute Gasteiger partial charge is 0.394 e. The molecule has 1 unspecified atom stereocenters. The van der Waals surface area contributed by atoms with E-state index in [2.05, 4.69) is 34.5 Å². The van der Waals surface area contributed by atoms with Crippen LogP contribution in [0.15, 0.2) is 54.6 Å². The molecule has 22 heavy (non-hydrogen) atoms. The van der Waals surface area contributed by atoms with Crippen molar-refractivity contribution < 1.29 is 5.11 Å². The molecule has 2 N–H and O–H groups in total. The zero-order valence-corrected chi connectivity index (χ0v) is 12.9. The average molecular weight is 296 g/mol. The number of piperidine rings is 1. The first-order valence-corrected chi connectivity index (χ1v) is 8.14. The lowest BCUT2D eigenvalue weighted by Crippen LogP contribution is -2.29. The number of aliphatic hydroxyl groups excluding tert-OH is 1. The van der Waals surface area contributed by atoms with Gasteiger partial charge in [0.05, 0.1) is 12.6 Å². The van der Waals surface area contributed by atoms with Crippen LogP contribution in [0.1, 0.15) is 30.9 Å². The van der Waals surface area contributed by atoms with Gasteiger partial charge >= 0.3 is 0 Å². The molecule has 0 amide bonds. The van der Waals surface area contributed by atoms with Gasteiger partial charge in [-0.15, -0.1) is 0 Å². The first kappa shape index (κ1) is 14.9. The van der Waals surface area contributed by atoms with Crippen molar-refractivity contribution in [3.05, 3.63) is 60.2 Å². The van der Waals surface area contributed by atoms with Gasteiger partial charge in [-0.3, -0.25) is 0 Å². The van der Waals surface area contributed by atoms with Gasteiger partial charge in [0.2, 0.25) is 0 Å². The summed E-state index contributed by atoms with van der Waals surface area (Å²) < 4.78 is 0. The van der Waals surface area contributed by atoms with Gasteiger partial charge in [0.15, 0.2) is 0 Å². The molecule has 1 aliphatic heterocycles. The van der Waals surface area contributed by atoms with E-state index >= 15 is 0 Å². The van der Waals surface area contributed by atoms with Gasteiger partial charge in [-0.25, -0.2) is 0 Å². The molecule has 3 rings (SSSR count). The lowest BCUT2D eigenvalue weighted by molar-refractivity contribution is 0.276. The minimum Gasteiger partial charge on any atom is -0.394 e. The Morgan fingerprint density at radius 1 is 0.955 bits per heavy atom. The zero-order chi connectivity index (χ0) is 15.2. The number of hydrogen-bond donors (Lipinski definition) is 2. The molecule has 1 saturated heterocycles. The van der Waals surface area contributed by atoms with E-state index in [1.54, 1.807) is 0 Å². The van der Waals surface area contributed by atoms with E-state index in [9.17, 15) is 5.11 Å². The second-order valence-electron chi connectivity index (χ2n) is 5.89. The second kappa shape index (κ2) is 7.32. The Morgan fingerprint density at radius 2 is 1.73 bits per heavy atom. The van der Waals surface area contributed by atoms with Crippen molar-refractivity contribution in [2.75, 3.05) is 29.9 Å². The third-order valence-corrected chi connectivity index (χ3v) is 4.29. The number of aliphatic hydroxyl groups is 1. The summed E-state index contributed by atoms with van der Waals surface area (Å²) in [6, 6.07) is 18.5. The number of nitrogens with zero attached hydrogens (tertiary/aromatic N) is 1. The first-order valence-electron chi connectivity index (χ1n) is 8.14. The molecule has 0 radical (unpaired) electrons. The summed E-state index contributed by atoms with van der Waals surface area (Å²) in [4.78, 5) is 2.45. The summed E-state index contributed by atoms with van der Waals surface area (Å²) in [5.41, 5.74) is 3.44. The van der Waals surface area contributed by atoms with Crippen LogP contribution >= 0.6 is 0 Å². The molecule has 0 aromatic heterocycles. The SMILES string of the molecule is OCC(Nc1cccc(N2CCCCC2)c1)c1ccccc1. The predicted molar refractivity (Wildman–Crippen MR) is 92.4 cm³/mol. The van der Waals surface area contributed by atoms with Crippen molar-refractivity contribution in [3.8, 4) is 0 Å². The van der Waals surface area contributed by atoms with Crippen LogP contribution in [0.2, 0.25) is 0 Å². The molecular weight excluding hydrogens is 272 g/mol. The van der Waals surface area contributed by atoms with E-state index in [1.807, 2.05) is 30.3 Å². The highest BCUT2D eigenvalue weighted by molar-refractivity contribution is 5.59. The zero-order valence-electron chi connectivity index (χ0n) is 12.9. The standard InChI is InChI=1S/C19H24N2O/c22-15-19(16-8-3-1-4-9-16)20-17-10-7-11-18(14-17)21-12-5-2-6-13-21/h1,3-4,7-11,14,19-20,22H,2,5-6,12-13,15H2. The lowest BCUT2D eigenvalue weighted by Gasteiger charge is -2.29.